The van der Waals surface area contributed by atoms with Crippen molar-refractivity contribution >= 4 is 17.5 Å². The van der Waals surface area contributed by atoms with Crippen LogP contribution in [0.2, 0.25) is 0 Å². The van der Waals surface area contributed by atoms with Gasteiger partial charge in [-0.3, -0.25) is 14.5 Å². The lowest BCUT2D eigenvalue weighted by Gasteiger charge is -2.42. The summed E-state index contributed by atoms with van der Waals surface area (Å²) in [6.45, 7) is 5.08. The third kappa shape index (κ3) is 2.87. The molecule has 1 spiro atoms. The molecule has 5 heteroatoms. The minimum absolute atomic E-state index is 0.0903. The van der Waals surface area contributed by atoms with Crippen molar-refractivity contribution in [3.05, 3.63) is 65.2 Å². The second-order valence-corrected chi connectivity index (χ2v) is 8.46. The predicted octanol–water partition coefficient (Wildman–Crippen LogP) is 2.95. The van der Waals surface area contributed by atoms with Gasteiger partial charge in [0.05, 0.1) is 11.5 Å². The van der Waals surface area contributed by atoms with Gasteiger partial charge in [0.25, 0.3) is 0 Å². The van der Waals surface area contributed by atoms with Crippen molar-refractivity contribution in [1.29, 1.82) is 0 Å². The molecule has 150 valence electrons. The van der Waals surface area contributed by atoms with Gasteiger partial charge < -0.3 is 10.2 Å². The van der Waals surface area contributed by atoms with Crippen LogP contribution in [0.1, 0.15) is 36.5 Å². The van der Waals surface area contributed by atoms with E-state index in [0.717, 1.165) is 30.8 Å². The molecule has 3 aliphatic heterocycles. The first-order valence-electron chi connectivity index (χ1n) is 10.6. The van der Waals surface area contributed by atoms with E-state index < -0.39 is 5.41 Å². The van der Waals surface area contributed by atoms with Gasteiger partial charge in [-0.2, -0.15) is 0 Å². The topological polar surface area (TPSA) is 52.7 Å². The average molecular weight is 389 g/mol. The molecule has 1 saturated heterocycles. The van der Waals surface area contributed by atoms with Gasteiger partial charge >= 0.3 is 0 Å². The van der Waals surface area contributed by atoms with Crippen molar-refractivity contribution in [2.24, 2.45) is 0 Å². The summed E-state index contributed by atoms with van der Waals surface area (Å²) < 4.78 is 0. The number of likely N-dealkylation sites (N-methyl/N-ethyl adjacent to an activating group) is 1. The molecule has 1 N–H and O–H groups in total. The lowest BCUT2D eigenvalue weighted by atomic mass is 9.73. The van der Waals surface area contributed by atoms with Gasteiger partial charge in [-0.05, 0) is 48.6 Å². The third-order valence-corrected chi connectivity index (χ3v) is 7.09. The molecule has 0 radical (unpaired) electrons. The highest BCUT2D eigenvalue weighted by molar-refractivity contribution is 6.06. The lowest BCUT2D eigenvalue weighted by molar-refractivity contribution is -0.140. The van der Waals surface area contributed by atoms with Gasteiger partial charge in [0.2, 0.25) is 11.8 Å². The normalized spacial score (nSPS) is 22.9. The number of piperidine rings is 1. The van der Waals surface area contributed by atoms with Crippen LogP contribution in [0.5, 0.6) is 0 Å². The first-order chi connectivity index (χ1) is 14.1. The van der Waals surface area contributed by atoms with Crippen LogP contribution >= 0.6 is 0 Å². The fourth-order valence-corrected chi connectivity index (χ4v) is 5.34. The molecule has 0 saturated carbocycles. The van der Waals surface area contributed by atoms with Gasteiger partial charge in [0.15, 0.2) is 0 Å². The van der Waals surface area contributed by atoms with E-state index in [1.807, 2.05) is 23.1 Å². The second kappa shape index (κ2) is 6.99. The van der Waals surface area contributed by atoms with Gasteiger partial charge in [0.1, 0.15) is 0 Å². The second-order valence-electron chi connectivity index (χ2n) is 8.46. The van der Waals surface area contributed by atoms with E-state index in [9.17, 15) is 9.59 Å². The number of rotatable bonds is 2. The average Bonchev–Trinajstić information content (AvgIpc) is 3.04. The summed E-state index contributed by atoms with van der Waals surface area (Å²) >= 11 is 0. The smallest absolute Gasteiger partial charge is 0.240 e. The quantitative estimate of drug-likeness (QED) is 0.859. The Hall–Kier alpha value is -2.66. The minimum atomic E-state index is -0.475. The molecular weight excluding hydrogens is 362 g/mol. The van der Waals surface area contributed by atoms with E-state index in [2.05, 4.69) is 47.5 Å². The van der Waals surface area contributed by atoms with Crippen LogP contribution in [0.4, 0.5) is 5.69 Å². The maximum atomic E-state index is 13.4. The molecule has 3 heterocycles. The molecule has 1 fully saturated rings. The highest BCUT2D eigenvalue weighted by Gasteiger charge is 2.49. The van der Waals surface area contributed by atoms with E-state index in [4.69, 9.17) is 0 Å². The highest BCUT2D eigenvalue weighted by atomic mass is 16.2. The predicted molar refractivity (Wildman–Crippen MR) is 113 cm³/mol. The summed E-state index contributed by atoms with van der Waals surface area (Å²) in [5, 5.41) is 3.04. The Labute approximate surface area is 171 Å². The SMILES string of the molecule is CCN1Cc2ccccc2CC1C(=O)N1CCC2(CC1)C(=O)Nc1ccccc12. The van der Waals surface area contributed by atoms with E-state index in [-0.39, 0.29) is 17.9 Å². The van der Waals surface area contributed by atoms with E-state index in [1.165, 1.54) is 11.1 Å². The van der Waals surface area contributed by atoms with Crippen LogP contribution < -0.4 is 5.32 Å². The number of nitrogens with zero attached hydrogens (tertiary/aromatic N) is 2. The number of nitrogens with one attached hydrogen (secondary N) is 1. The number of hydrogen-bond acceptors (Lipinski definition) is 3. The number of likely N-dealkylation sites (tertiary alicyclic amines) is 1. The number of carbonyl (C=O) groups excluding carboxylic acids is 2. The zero-order valence-corrected chi connectivity index (χ0v) is 16.9. The standard InChI is InChI=1S/C24H27N3O2/c1-2-26-16-18-8-4-3-7-17(18)15-21(26)22(28)27-13-11-24(12-14-27)19-9-5-6-10-20(19)25-23(24)29/h3-10,21H,2,11-16H2,1H3,(H,25,29). The summed E-state index contributed by atoms with van der Waals surface area (Å²) in [7, 11) is 0. The van der Waals surface area contributed by atoms with Crippen molar-refractivity contribution in [1.82, 2.24) is 9.80 Å². The van der Waals surface area contributed by atoms with Crippen LogP contribution in [-0.2, 0) is 28.0 Å². The van der Waals surface area contributed by atoms with Crippen molar-refractivity contribution in [3.63, 3.8) is 0 Å². The molecular formula is C24H27N3O2. The Kier molecular flexibility index (Phi) is 4.43. The molecule has 2 aromatic rings. The molecule has 2 amide bonds. The van der Waals surface area contributed by atoms with Crippen molar-refractivity contribution < 1.29 is 9.59 Å². The summed E-state index contributed by atoms with van der Waals surface area (Å²) in [6, 6.07) is 16.3. The van der Waals surface area contributed by atoms with Gasteiger partial charge in [-0.25, -0.2) is 0 Å². The molecule has 0 bridgehead atoms. The molecule has 5 rings (SSSR count). The fourth-order valence-electron chi connectivity index (χ4n) is 5.34. The van der Waals surface area contributed by atoms with Crippen molar-refractivity contribution in [2.75, 3.05) is 25.0 Å². The first-order valence-corrected chi connectivity index (χ1v) is 10.6. The van der Waals surface area contributed by atoms with E-state index in [0.29, 0.717) is 25.9 Å². The Morgan fingerprint density at radius 2 is 1.76 bits per heavy atom. The third-order valence-electron chi connectivity index (χ3n) is 7.09. The number of hydrogen-bond donors (Lipinski definition) is 1. The van der Waals surface area contributed by atoms with Crippen LogP contribution in [-0.4, -0.2) is 47.3 Å². The van der Waals surface area contributed by atoms with Gasteiger partial charge in [-0.15, -0.1) is 0 Å². The monoisotopic (exact) mass is 389 g/mol. The number of benzene rings is 2. The van der Waals surface area contributed by atoms with Crippen LogP contribution in [0.3, 0.4) is 0 Å². The molecule has 29 heavy (non-hydrogen) atoms. The van der Waals surface area contributed by atoms with Crippen molar-refractivity contribution in [2.45, 2.75) is 44.2 Å². The minimum Gasteiger partial charge on any atom is -0.341 e. The van der Waals surface area contributed by atoms with Crippen LogP contribution in [0.15, 0.2) is 48.5 Å². The Morgan fingerprint density at radius 3 is 2.52 bits per heavy atom. The van der Waals surface area contributed by atoms with Crippen LogP contribution in [0, 0.1) is 0 Å². The maximum absolute atomic E-state index is 13.4. The fraction of sp³-hybridized carbons (Fsp3) is 0.417. The highest BCUT2D eigenvalue weighted by Crippen LogP contribution is 2.45. The van der Waals surface area contributed by atoms with Gasteiger partial charge in [0, 0.05) is 25.3 Å². The molecule has 2 aromatic carbocycles. The van der Waals surface area contributed by atoms with Gasteiger partial charge in [-0.1, -0.05) is 49.4 Å². The van der Waals surface area contributed by atoms with Crippen LogP contribution in [0.25, 0.3) is 0 Å². The van der Waals surface area contributed by atoms with E-state index in [1.54, 1.807) is 0 Å². The summed E-state index contributed by atoms with van der Waals surface area (Å²) in [6.07, 6.45) is 2.15. The van der Waals surface area contributed by atoms with E-state index >= 15 is 0 Å². The molecule has 3 aliphatic rings. The molecule has 0 aromatic heterocycles. The number of carbonyl (C=O) groups is 2. The molecule has 1 atom stereocenters. The first kappa shape index (κ1) is 18.4. The summed E-state index contributed by atoms with van der Waals surface area (Å²) in [5.41, 5.74) is 4.16. The maximum Gasteiger partial charge on any atom is 0.240 e. The number of amides is 2. The zero-order valence-electron chi connectivity index (χ0n) is 16.9. The number of para-hydroxylation sites is 1. The Balaban J connectivity index is 1.34. The Morgan fingerprint density at radius 1 is 1.07 bits per heavy atom. The summed E-state index contributed by atoms with van der Waals surface area (Å²) in [5.74, 6) is 0.301. The molecule has 5 nitrogen and oxygen atoms in total. The zero-order chi connectivity index (χ0) is 20.0. The van der Waals surface area contributed by atoms with Crippen molar-refractivity contribution in [3.8, 4) is 0 Å². The Bertz CT molecular complexity index is 962. The molecule has 0 aliphatic carbocycles. The molecule has 1 unspecified atom stereocenters. The summed E-state index contributed by atoms with van der Waals surface area (Å²) in [4.78, 5) is 30.5. The lowest BCUT2D eigenvalue weighted by Crippen LogP contribution is -2.55. The number of fused-ring (bicyclic) bond motifs is 3. The number of anilines is 1. The largest absolute Gasteiger partial charge is 0.341 e.